The zero-order chi connectivity index (χ0) is 17.2. The number of carbonyl (C=O) groups is 3. The van der Waals surface area contributed by atoms with E-state index in [0.717, 1.165) is 12.0 Å². The maximum absolute atomic E-state index is 13.4. The van der Waals surface area contributed by atoms with Crippen molar-refractivity contribution < 1.29 is 14.4 Å². The van der Waals surface area contributed by atoms with Crippen molar-refractivity contribution in [3.05, 3.63) is 23.3 Å². The number of rotatable bonds is 0. The largest absolute Gasteiger partial charge is 0.299 e. The quantitative estimate of drug-likeness (QED) is 0.641. The highest BCUT2D eigenvalue weighted by molar-refractivity contribution is 6.12. The highest BCUT2D eigenvalue weighted by Crippen LogP contribution is 2.56. The molecule has 0 heterocycles. The van der Waals surface area contributed by atoms with E-state index in [1.165, 1.54) is 0 Å². The Morgan fingerprint density at radius 3 is 2.43 bits per heavy atom. The van der Waals surface area contributed by atoms with Gasteiger partial charge >= 0.3 is 0 Å². The molecule has 0 N–H and O–H groups in total. The molecule has 0 radical (unpaired) electrons. The van der Waals surface area contributed by atoms with Crippen LogP contribution in [0.5, 0.6) is 0 Å². The number of hydrogen-bond donors (Lipinski definition) is 0. The smallest absolute Gasteiger partial charge is 0.158 e. The highest BCUT2D eigenvalue weighted by atomic mass is 16.2. The first-order valence-electron chi connectivity index (χ1n) is 8.58. The third kappa shape index (κ3) is 2.28. The molecule has 3 heteroatoms. The lowest BCUT2D eigenvalue weighted by molar-refractivity contribution is -0.142. The summed E-state index contributed by atoms with van der Waals surface area (Å²) in [5.74, 6) is -0.0181. The van der Waals surface area contributed by atoms with E-state index in [4.69, 9.17) is 0 Å². The van der Waals surface area contributed by atoms with Crippen LogP contribution in [0, 0.1) is 28.6 Å². The summed E-state index contributed by atoms with van der Waals surface area (Å²) in [5, 5.41) is 0. The van der Waals surface area contributed by atoms with Gasteiger partial charge in [0.15, 0.2) is 11.6 Å². The normalized spacial score (nSPS) is 39.9. The van der Waals surface area contributed by atoms with Gasteiger partial charge in [-0.2, -0.15) is 0 Å². The van der Waals surface area contributed by atoms with E-state index in [9.17, 15) is 14.4 Å². The maximum Gasteiger partial charge on any atom is 0.158 e. The van der Waals surface area contributed by atoms with Crippen LogP contribution in [0.4, 0.5) is 0 Å². The molecule has 0 amide bonds. The predicted molar refractivity (Wildman–Crippen MR) is 88.7 cm³/mol. The fourth-order valence-electron chi connectivity index (χ4n) is 4.95. The van der Waals surface area contributed by atoms with E-state index in [-0.39, 0.29) is 34.6 Å². The van der Waals surface area contributed by atoms with Gasteiger partial charge in [-0.1, -0.05) is 32.9 Å². The van der Waals surface area contributed by atoms with Gasteiger partial charge in [-0.05, 0) is 48.7 Å². The van der Waals surface area contributed by atoms with Crippen LogP contribution in [-0.2, 0) is 14.4 Å². The third-order valence-corrected chi connectivity index (χ3v) is 6.36. The molecule has 4 atom stereocenters. The van der Waals surface area contributed by atoms with Crippen molar-refractivity contribution in [2.24, 2.45) is 28.6 Å². The molecule has 1 saturated carbocycles. The first kappa shape index (κ1) is 16.4. The lowest BCUT2D eigenvalue weighted by atomic mass is 9.64. The Bertz CT molecular complexity index is 664. The summed E-state index contributed by atoms with van der Waals surface area (Å²) in [6.07, 6.45) is 5.40. The fourth-order valence-corrected chi connectivity index (χ4v) is 4.95. The molecule has 3 rings (SSSR count). The molecule has 1 fully saturated rings. The van der Waals surface area contributed by atoms with Crippen molar-refractivity contribution in [3.63, 3.8) is 0 Å². The second-order valence-electron chi connectivity index (χ2n) is 8.59. The Hall–Kier alpha value is -1.51. The van der Waals surface area contributed by atoms with E-state index in [0.29, 0.717) is 24.3 Å². The molecule has 0 aromatic carbocycles. The van der Waals surface area contributed by atoms with Crippen LogP contribution in [-0.4, -0.2) is 17.3 Å². The number of carbonyl (C=O) groups excluding carboxylic acids is 3. The number of hydrogen-bond acceptors (Lipinski definition) is 3. The van der Waals surface area contributed by atoms with Gasteiger partial charge in [0.05, 0.1) is 5.41 Å². The molecule has 3 aliphatic carbocycles. The first-order valence-corrected chi connectivity index (χ1v) is 8.58. The molecule has 0 aliphatic heterocycles. The summed E-state index contributed by atoms with van der Waals surface area (Å²) >= 11 is 0. The van der Waals surface area contributed by atoms with Crippen LogP contribution in [0.25, 0.3) is 0 Å². The van der Waals surface area contributed by atoms with Crippen LogP contribution >= 0.6 is 0 Å². The van der Waals surface area contributed by atoms with Crippen LogP contribution in [0.1, 0.15) is 53.9 Å². The standard InChI is InChI=1S/C20H26O3/c1-11-6-13-8-12(2)15(21)9-16-19(3,4)10-17(22)20(16,5)18(23)14(13)7-11/h6,8,11,14,16H,7,9-10H2,1-5H3/t11?,14-,16+,20-/m0/s1. The van der Waals surface area contributed by atoms with Crippen LogP contribution in [0.3, 0.4) is 0 Å². The highest BCUT2D eigenvalue weighted by Gasteiger charge is 2.61. The van der Waals surface area contributed by atoms with Gasteiger partial charge in [-0.25, -0.2) is 0 Å². The Labute approximate surface area is 138 Å². The van der Waals surface area contributed by atoms with Crippen molar-refractivity contribution in [1.82, 2.24) is 0 Å². The summed E-state index contributed by atoms with van der Waals surface area (Å²) in [6.45, 7) is 9.76. The minimum Gasteiger partial charge on any atom is -0.299 e. The van der Waals surface area contributed by atoms with Gasteiger partial charge in [0, 0.05) is 18.8 Å². The molecule has 3 nitrogen and oxygen atoms in total. The number of ketones is 3. The summed E-state index contributed by atoms with van der Waals surface area (Å²) in [4.78, 5) is 38.9. The Balaban J connectivity index is 2.17. The zero-order valence-corrected chi connectivity index (χ0v) is 14.7. The SMILES string of the molecule is CC1=CC2=CC(C)C[C@@H]2C(=O)[C@]2(C)C(=O)CC(C)(C)[C@H]2CC1=O. The van der Waals surface area contributed by atoms with E-state index in [1.54, 1.807) is 6.92 Å². The van der Waals surface area contributed by atoms with E-state index in [1.807, 2.05) is 26.8 Å². The molecule has 0 bridgehead atoms. The molecule has 0 spiro atoms. The van der Waals surface area contributed by atoms with Crippen LogP contribution < -0.4 is 0 Å². The van der Waals surface area contributed by atoms with E-state index >= 15 is 0 Å². The first-order chi connectivity index (χ1) is 10.6. The lowest BCUT2D eigenvalue weighted by Crippen LogP contribution is -2.44. The second-order valence-corrected chi connectivity index (χ2v) is 8.59. The number of Topliss-reactive ketones (excluding diaryl/α,β-unsaturated/α-hetero) is 3. The van der Waals surface area contributed by atoms with Crippen LogP contribution in [0.2, 0.25) is 0 Å². The van der Waals surface area contributed by atoms with Crippen molar-refractivity contribution in [2.75, 3.05) is 0 Å². The Morgan fingerprint density at radius 2 is 1.78 bits per heavy atom. The molecular formula is C20H26O3. The molecule has 0 aromatic heterocycles. The number of fused-ring (bicyclic) bond motifs is 2. The molecular weight excluding hydrogens is 288 g/mol. The van der Waals surface area contributed by atoms with Crippen molar-refractivity contribution in [1.29, 1.82) is 0 Å². The van der Waals surface area contributed by atoms with Gasteiger partial charge in [-0.15, -0.1) is 0 Å². The summed E-state index contributed by atoms with van der Waals surface area (Å²) in [5.41, 5.74) is 0.316. The zero-order valence-electron chi connectivity index (χ0n) is 14.7. The molecule has 124 valence electrons. The van der Waals surface area contributed by atoms with Gasteiger partial charge < -0.3 is 0 Å². The minimum absolute atomic E-state index is 0.0174. The molecule has 0 aromatic rings. The summed E-state index contributed by atoms with van der Waals surface area (Å²) in [7, 11) is 0. The summed E-state index contributed by atoms with van der Waals surface area (Å²) in [6, 6.07) is 0. The average Bonchev–Trinajstić information content (AvgIpc) is 2.88. The molecule has 0 saturated heterocycles. The second kappa shape index (κ2) is 4.99. The van der Waals surface area contributed by atoms with Crippen LogP contribution in [0.15, 0.2) is 23.3 Å². The molecule has 3 aliphatic rings. The molecule has 1 unspecified atom stereocenters. The summed E-state index contributed by atoms with van der Waals surface area (Å²) < 4.78 is 0. The minimum atomic E-state index is -1.02. The Kier molecular flexibility index (Phi) is 3.55. The number of allylic oxidation sites excluding steroid dienone is 4. The van der Waals surface area contributed by atoms with Gasteiger partial charge in [0.2, 0.25) is 0 Å². The van der Waals surface area contributed by atoms with Gasteiger partial charge in [-0.3, -0.25) is 14.4 Å². The monoisotopic (exact) mass is 314 g/mol. The van der Waals surface area contributed by atoms with Crippen molar-refractivity contribution in [3.8, 4) is 0 Å². The topological polar surface area (TPSA) is 51.2 Å². The predicted octanol–water partition coefficient (Wildman–Crippen LogP) is 3.68. The molecule has 23 heavy (non-hydrogen) atoms. The van der Waals surface area contributed by atoms with E-state index in [2.05, 4.69) is 13.0 Å². The van der Waals surface area contributed by atoms with E-state index < -0.39 is 5.41 Å². The fraction of sp³-hybridized carbons (Fsp3) is 0.650. The Morgan fingerprint density at radius 1 is 1.13 bits per heavy atom. The lowest BCUT2D eigenvalue weighted by Gasteiger charge is -2.36. The average molecular weight is 314 g/mol. The van der Waals surface area contributed by atoms with Gasteiger partial charge in [0.25, 0.3) is 0 Å². The van der Waals surface area contributed by atoms with Crippen molar-refractivity contribution in [2.45, 2.75) is 53.9 Å². The van der Waals surface area contributed by atoms with Gasteiger partial charge in [0.1, 0.15) is 5.78 Å². The third-order valence-electron chi connectivity index (χ3n) is 6.36. The van der Waals surface area contributed by atoms with Crippen molar-refractivity contribution >= 4 is 17.3 Å². The maximum atomic E-state index is 13.4.